The zero-order valence-corrected chi connectivity index (χ0v) is 13.6. The van der Waals surface area contributed by atoms with Gasteiger partial charge < -0.3 is 5.11 Å². The Balaban J connectivity index is 2.10. The first-order valence-corrected chi connectivity index (χ1v) is 8.96. The van der Waals surface area contributed by atoms with Crippen LogP contribution >= 0.6 is 11.6 Å². The fraction of sp³-hybridized carbons (Fsp3) is 0.235. The highest BCUT2D eigenvalue weighted by Crippen LogP contribution is 2.63. The van der Waals surface area contributed by atoms with Crippen LogP contribution in [0.3, 0.4) is 0 Å². The molecule has 0 aromatic heterocycles. The Labute approximate surface area is 139 Å². The van der Waals surface area contributed by atoms with Crippen molar-refractivity contribution >= 4 is 21.4 Å². The molecule has 1 saturated carbocycles. The summed E-state index contributed by atoms with van der Waals surface area (Å²) in [4.78, 5) is 0.155. The number of halogens is 1. The number of nitriles is 1. The van der Waals surface area contributed by atoms with Crippen LogP contribution in [0.4, 0.5) is 0 Å². The lowest BCUT2D eigenvalue weighted by Gasteiger charge is -2.05. The molecule has 23 heavy (non-hydrogen) atoms. The summed E-state index contributed by atoms with van der Waals surface area (Å²) in [6.07, 6.45) is 0. The maximum absolute atomic E-state index is 12.9. The van der Waals surface area contributed by atoms with E-state index in [1.807, 2.05) is 6.07 Å². The van der Waals surface area contributed by atoms with Gasteiger partial charge in [-0.1, -0.05) is 41.9 Å². The highest BCUT2D eigenvalue weighted by molar-refractivity contribution is 7.92. The van der Waals surface area contributed by atoms with Gasteiger partial charge in [-0.05, 0) is 29.8 Å². The molecule has 1 aliphatic rings. The second kappa shape index (κ2) is 5.64. The number of hydrogen-bond donors (Lipinski definition) is 1. The average molecular weight is 348 g/mol. The van der Waals surface area contributed by atoms with Gasteiger partial charge in [-0.15, -0.1) is 0 Å². The van der Waals surface area contributed by atoms with Crippen LogP contribution in [0.1, 0.15) is 11.5 Å². The van der Waals surface area contributed by atoms with Crippen LogP contribution in [-0.2, 0) is 9.84 Å². The quantitative estimate of drug-likeness (QED) is 0.922. The van der Waals surface area contributed by atoms with Crippen molar-refractivity contribution in [2.45, 2.75) is 16.1 Å². The van der Waals surface area contributed by atoms with E-state index >= 15 is 0 Å². The number of sulfone groups is 1. The van der Waals surface area contributed by atoms with Gasteiger partial charge in [0, 0.05) is 10.9 Å². The van der Waals surface area contributed by atoms with Crippen LogP contribution in [0.25, 0.3) is 0 Å². The third-order valence-electron chi connectivity index (χ3n) is 4.34. The van der Waals surface area contributed by atoms with E-state index in [2.05, 4.69) is 0 Å². The van der Waals surface area contributed by atoms with Crippen molar-refractivity contribution in [2.75, 3.05) is 6.61 Å². The largest absolute Gasteiger partial charge is 0.395 e. The van der Waals surface area contributed by atoms with E-state index in [-0.39, 0.29) is 4.90 Å². The highest BCUT2D eigenvalue weighted by Gasteiger charge is 2.72. The van der Waals surface area contributed by atoms with Gasteiger partial charge in [0.1, 0.15) is 5.41 Å². The summed E-state index contributed by atoms with van der Waals surface area (Å²) in [5.74, 6) is -0.596. The molecule has 0 amide bonds. The number of nitrogens with zero attached hydrogens (tertiary/aromatic N) is 1. The van der Waals surface area contributed by atoms with E-state index in [1.165, 1.54) is 12.1 Å². The molecule has 0 spiro atoms. The van der Waals surface area contributed by atoms with E-state index in [9.17, 15) is 18.8 Å². The molecule has 4 nitrogen and oxygen atoms in total. The van der Waals surface area contributed by atoms with Gasteiger partial charge in [-0.3, -0.25) is 0 Å². The molecule has 3 rings (SSSR count). The summed E-state index contributed by atoms with van der Waals surface area (Å²) in [6.45, 7) is -0.516. The standard InChI is InChI=1S/C17H14ClNO3S/c18-13-6-4-5-12(9-13)15-16(17(15,10-19)11-20)23(21,22)14-7-2-1-3-8-14/h1-9,15-16,20H,11H2/t15-,16-,17+/m0/s1. The van der Waals surface area contributed by atoms with Crippen molar-refractivity contribution in [3.63, 3.8) is 0 Å². The third-order valence-corrected chi connectivity index (χ3v) is 6.87. The van der Waals surface area contributed by atoms with Crippen molar-refractivity contribution in [2.24, 2.45) is 5.41 Å². The average Bonchev–Trinajstić information content (AvgIpc) is 3.26. The molecule has 0 aliphatic heterocycles. The molecule has 2 aromatic carbocycles. The Hall–Kier alpha value is -1.87. The maximum Gasteiger partial charge on any atom is 0.183 e. The monoisotopic (exact) mass is 347 g/mol. The Morgan fingerprint density at radius 2 is 1.87 bits per heavy atom. The second-order valence-corrected chi connectivity index (χ2v) is 8.13. The van der Waals surface area contributed by atoms with E-state index < -0.39 is 33.0 Å². The number of aliphatic hydroxyl groups excluding tert-OH is 1. The maximum atomic E-state index is 12.9. The minimum Gasteiger partial charge on any atom is -0.395 e. The van der Waals surface area contributed by atoms with Crippen LogP contribution in [0.2, 0.25) is 5.02 Å². The summed E-state index contributed by atoms with van der Waals surface area (Å²) < 4.78 is 25.8. The molecule has 1 N–H and O–H groups in total. The van der Waals surface area contributed by atoms with E-state index in [0.717, 1.165) is 0 Å². The van der Waals surface area contributed by atoms with Gasteiger partial charge in [0.05, 0.1) is 22.8 Å². The second-order valence-electron chi connectivity index (χ2n) is 5.62. The molecule has 0 bridgehead atoms. The van der Waals surface area contributed by atoms with Gasteiger partial charge in [-0.25, -0.2) is 8.42 Å². The number of hydrogen-bond acceptors (Lipinski definition) is 4. The topological polar surface area (TPSA) is 78.2 Å². The number of rotatable bonds is 4. The first kappa shape index (κ1) is 16.0. The fourth-order valence-corrected chi connectivity index (χ4v) is 5.68. The summed E-state index contributed by atoms with van der Waals surface area (Å²) in [6, 6.07) is 16.8. The Kier molecular flexibility index (Phi) is 3.93. The van der Waals surface area contributed by atoms with Gasteiger partial charge in [-0.2, -0.15) is 5.26 Å². The molecule has 1 aliphatic carbocycles. The molecule has 0 unspecified atom stereocenters. The minimum atomic E-state index is -3.73. The van der Waals surface area contributed by atoms with Gasteiger partial charge in [0.15, 0.2) is 9.84 Å². The van der Waals surface area contributed by atoms with Crippen LogP contribution in [0, 0.1) is 16.7 Å². The van der Waals surface area contributed by atoms with Gasteiger partial charge in [0.2, 0.25) is 0 Å². The molecular weight excluding hydrogens is 334 g/mol. The van der Waals surface area contributed by atoms with Crippen LogP contribution in [0.15, 0.2) is 59.5 Å². The van der Waals surface area contributed by atoms with Crippen LogP contribution < -0.4 is 0 Å². The highest BCUT2D eigenvalue weighted by atomic mass is 35.5. The Bertz CT molecular complexity index is 876. The summed E-state index contributed by atoms with van der Waals surface area (Å²) in [7, 11) is -3.73. The molecular formula is C17H14ClNO3S. The van der Waals surface area contributed by atoms with Gasteiger partial charge in [0.25, 0.3) is 0 Å². The number of benzene rings is 2. The molecule has 118 valence electrons. The number of aliphatic hydroxyl groups is 1. The molecule has 3 atom stereocenters. The van der Waals surface area contributed by atoms with Crippen molar-refractivity contribution in [1.29, 1.82) is 5.26 Å². The normalized spacial score (nSPS) is 26.5. The predicted octanol–water partition coefficient (Wildman–Crippen LogP) is 2.78. The van der Waals surface area contributed by atoms with Crippen molar-refractivity contribution < 1.29 is 13.5 Å². The SMILES string of the molecule is N#C[C@@]1(CO)[C@@H](c2cccc(Cl)c2)[C@@H]1S(=O)(=O)c1ccccc1. The molecule has 0 saturated heterocycles. The summed E-state index contributed by atoms with van der Waals surface area (Å²) >= 11 is 5.98. The van der Waals surface area contributed by atoms with E-state index in [4.69, 9.17) is 11.6 Å². The predicted molar refractivity (Wildman–Crippen MR) is 86.7 cm³/mol. The lowest BCUT2D eigenvalue weighted by atomic mass is 10.0. The van der Waals surface area contributed by atoms with Crippen molar-refractivity contribution in [3.8, 4) is 6.07 Å². The molecule has 2 aromatic rings. The fourth-order valence-electron chi connectivity index (χ4n) is 3.15. The molecule has 1 fully saturated rings. The van der Waals surface area contributed by atoms with E-state index in [0.29, 0.717) is 10.6 Å². The summed E-state index contributed by atoms with van der Waals surface area (Å²) in [5, 5.41) is 18.7. The van der Waals surface area contributed by atoms with Crippen LogP contribution in [-0.4, -0.2) is 25.4 Å². The zero-order chi connectivity index (χ0) is 16.7. The van der Waals surface area contributed by atoms with Crippen LogP contribution in [0.5, 0.6) is 0 Å². The third kappa shape index (κ3) is 2.43. The first-order chi connectivity index (χ1) is 11.0. The smallest absolute Gasteiger partial charge is 0.183 e. The van der Waals surface area contributed by atoms with E-state index in [1.54, 1.807) is 42.5 Å². The minimum absolute atomic E-state index is 0.155. The molecule has 0 heterocycles. The lowest BCUT2D eigenvalue weighted by Crippen LogP contribution is -2.18. The first-order valence-electron chi connectivity index (χ1n) is 7.04. The zero-order valence-electron chi connectivity index (χ0n) is 12.1. The summed E-state index contributed by atoms with van der Waals surface area (Å²) in [5.41, 5.74) is -0.683. The van der Waals surface area contributed by atoms with Crippen molar-refractivity contribution in [3.05, 3.63) is 65.2 Å². The van der Waals surface area contributed by atoms with Crippen molar-refractivity contribution in [1.82, 2.24) is 0 Å². The molecule has 0 radical (unpaired) electrons. The molecule has 6 heteroatoms. The lowest BCUT2D eigenvalue weighted by molar-refractivity contribution is 0.242. The Morgan fingerprint density at radius 3 is 2.43 bits per heavy atom. The van der Waals surface area contributed by atoms with Gasteiger partial charge >= 0.3 is 0 Å². The Morgan fingerprint density at radius 1 is 1.17 bits per heavy atom.